The van der Waals surface area contributed by atoms with Crippen molar-refractivity contribution in [2.45, 2.75) is 39.0 Å². The van der Waals surface area contributed by atoms with Crippen molar-refractivity contribution in [3.05, 3.63) is 24.0 Å². The molecule has 1 saturated heterocycles. The van der Waals surface area contributed by atoms with Gasteiger partial charge in [-0.2, -0.15) is 0 Å². The summed E-state index contributed by atoms with van der Waals surface area (Å²) >= 11 is 0. The molecule has 1 atom stereocenters. The Morgan fingerprint density at radius 2 is 2.13 bits per heavy atom. The van der Waals surface area contributed by atoms with Crippen LogP contribution in [0.4, 0.5) is 5.82 Å². The van der Waals surface area contributed by atoms with E-state index in [0.717, 1.165) is 12.8 Å². The minimum atomic E-state index is -0.0672. The monoisotopic (exact) mass is 317 g/mol. The van der Waals surface area contributed by atoms with Gasteiger partial charge in [0, 0.05) is 31.5 Å². The number of nitrogens with one attached hydrogen (secondary N) is 1. The van der Waals surface area contributed by atoms with Gasteiger partial charge in [-0.1, -0.05) is 17.3 Å². The van der Waals surface area contributed by atoms with Gasteiger partial charge in [-0.25, -0.2) is 0 Å². The Balaban J connectivity index is 1.45. The van der Waals surface area contributed by atoms with Gasteiger partial charge in [0.1, 0.15) is 5.76 Å². The molecule has 124 valence electrons. The average molecular weight is 317 g/mol. The van der Waals surface area contributed by atoms with Crippen molar-refractivity contribution in [2.75, 3.05) is 18.4 Å². The van der Waals surface area contributed by atoms with E-state index in [-0.39, 0.29) is 17.7 Å². The summed E-state index contributed by atoms with van der Waals surface area (Å²) < 4.78 is 4.94. The summed E-state index contributed by atoms with van der Waals surface area (Å²) in [6, 6.07) is 1.70. The Hall–Kier alpha value is -2.11. The SMILES string of the molecule is Cc1cc(NC(=O)C2CCN(C(=O)CC3C=CCC3)CC2)no1. The lowest BCUT2D eigenvalue weighted by molar-refractivity contribution is -0.135. The molecule has 0 bridgehead atoms. The average Bonchev–Trinajstić information content (AvgIpc) is 3.19. The van der Waals surface area contributed by atoms with E-state index in [4.69, 9.17) is 4.52 Å². The normalized spacial score (nSPS) is 21.6. The van der Waals surface area contributed by atoms with Crippen molar-refractivity contribution < 1.29 is 14.1 Å². The zero-order valence-electron chi connectivity index (χ0n) is 13.5. The van der Waals surface area contributed by atoms with Crippen LogP contribution in [0, 0.1) is 18.8 Å². The Bertz CT molecular complexity index is 600. The molecule has 6 heteroatoms. The van der Waals surface area contributed by atoms with Crippen LogP contribution in [0.1, 0.15) is 37.9 Å². The van der Waals surface area contributed by atoms with Crippen LogP contribution in [0.2, 0.25) is 0 Å². The summed E-state index contributed by atoms with van der Waals surface area (Å²) in [5, 5.41) is 6.55. The zero-order chi connectivity index (χ0) is 16.2. The lowest BCUT2D eigenvalue weighted by atomic mass is 9.95. The van der Waals surface area contributed by atoms with Crippen LogP contribution in [0.15, 0.2) is 22.7 Å². The van der Waals surface area contributed by atoms with Crippen molar-refractivity contribution >= 4 is 17.6 Å². The topological polar surface area (TPSA) is 75.4 Å². The fourth-order valence-corrected chi connectivity index (χ4v) is 3.26. The first kappa shape index (κ1) is 15.8. The third kappa shape index (κ3) is 4.00. The highest BCUT2D eigenvalue weighted by atomic mass is 16.5. The van der Waals surface area contributed by atoms with Gasteiger partial charge >= 0.3 is 0 Å². The molecule has 23 heavy (non-hydrogen) atoms. The van der Waals surface area contributed by atoms with Crippen molar-refractivity contribution in [1.29, 1.82) is 0 Å². The molecule has 3 rings (SSSR count). The van der Waals surface area contributed by atoms with E-state index >= 15 is 0 Å². The third-order valence-electron chi connectivity index (χ3n) is 4.65. The van der Waals surface area contributed by atoms with Crippen LogP contribution in [0.5, 0.6) is 0 Å². The summed E-state index contributed by atoms with van der Waals surface area (Å²) in [6.45, 7) is 3.10. The van der Waals surface area contributed by atoms with Crippen LogP contribution in [-0.4, -0.2) is 35.0 Å². The molecule has 0 aromatic carbocycles. The molecule has 1 N–H and O–H groups in total. The van der Waals surface area contributed by atoms with Gasteiger partial charge in [-0.05, 0) is 38.5 Å². The van der Waals surface area contributed by atoms with Gasteiger partial charge in [0.15, 0.2) is 5.82 Å². The number of amides is 2. The number of aryl methyl sites for hydroxylation is 1. The maximum Gasteiger partial charge on any atom is 0.228 e. The quantitative estimate of drug-likeness (QED) is 0.866. The molecule has 1 aliphatic heterocycles. The molecule has 1 aliphatic carbocycles. The molecule has 1 aromatic heterocycles. The van der Waals surface area contributed by atoms with Crippen LogP contribution in [-0.2, 0) is 9.59 Å². The van der Waals surface area contributed by atoms with Gasteiger partial charge in [0.25, 0.3) is 0 Å². The van der Waals surface area contributed by atoms with Gasteiger partial charge < -0.3 is 14.7 Å². The molecule has 1 fully saturated rings. The molecule has 2 heterocycles. The molecule has 1 unspecified atom stereocenters. The van der Waals surface area contributed by atoms with E-state index < -0.39 is 0 Å². The predicted molar refractivity (Wildman–Crippen MR) is 85.7 cm³/mol. The summed E-state index contributed by atoms with van der Waals surface area (Å²) in [5.41, 5.74) is 0. The summed E-state index contributed by atoms with van der Waals surface area (Å²) in [5.74, 6) is 1.64. The number of carbonyl (C=O) groups is 2. The number of rotatable bonds is 4. The van der Waals surface area contributed by atoms with Crippen LogP contribution in [0.3, 0.4) is 0 Å². The molecule has 2 amide bonds. The fourth-order valence-electron chi connectivity index (χ4n) is 3.26. The van der Waals surface area contributed by atoms with E-state index in [1.54, 1.807) is 13.0 Å². The van der Waals surface area contributed by atoms with Gasteiger partial charge in [0.2, 0.25) is 11.8 Å². The van der Waals surface area contributed by atoms with Crippen LogP contribution < -0.4 is 5.32 Å². The van der Waals surface area contributed by atoms with E-state index in [2.05, 4.69) is 22.6 Å². The Kier molecular flexibility index (Phi) is 4.79. The largest absolute Gasteiger partial charge is 0.360 e. The van der Waals surface area contributed by atoms with Gasteiger partial charge in [0.05, 0.1) is 0 Å². The number of piperidine rings is 1. The highest BCUT2D eigenvalue weighted by Crippen LogP contribution is 2.24. The fraction of sp³-hybridized carbons (Fsp3) is 0.588. The molecule has 0 saturated carbocycles. The second-order valence-electron chi connectivity index (χ2n) is 6.44. The number of allylic oxidation sites excluding steroid dienone is 2. The van der Waals surface area contributed by atoms with Crippen LogP contribution >= 0.6 is 0 Å². The second-order valence-corrected chi connectivity index (χ2v) is 6.44. The Labute approximate surface area is 135 Å². The second kappa shape index (κ2) is 6.98. The Morgan fingerprint density at radius 3 is 2.74 bits per heavy atom. The summed E-state index contributed by atoms with van der Waals surface area (Å²) in [7, 11) is 0. The lowest BCUT2D eigenvalue weighted by Crippen LogP contribution is -2.41. The molecule has 0 spiro atoms. The maximum atomic E-state index is 12.3. The number of aromatic nitrogens is 1. The number of carbonyl (C=O) groups excluding carboxylic acids is 2. The van der Waals surface area contributed by atoms with Crippen molar-refractivity contribution in [3.63, 3.8) is 0 Å². The molecular weight excluding hydrogens is 294 g/mol. The number of nitrogens with zero attached hydrogens (tertiary/aromatic N) is 2. The van der Waals surface area contributed by atoms with E-state index in [1.807, 2.05) is 4.90 Å². The highest BCUT2D eigenvalue weighted by Gasteiger charge is 2.28. The van der Waals surface area contributed by atoms with Gasteiger partial charge in [-0.15, -0.1) is 0 Å². The smallest absolute Gasteiger partial charge is 0.228 e. The molecule has 2 aliphatic rings. The van der Waals surface area contributed by atoms with E-state index in [1.165, 1.54) is 0 Å². The molecular formula is C17H23N3O3. The summed E-state index contributed by atoms with van der Waals surface area (Å²) in [4.78, 5) is 26.4. The maximum absolute atomic E-state index is 12.3. The van der Waals surface area contributed by atoms with E-state index in [0.29, 0.717) is 49.8 Å². The van der Waals surface area contributed by atoms with Crippen LogP contribution in [0.25, 0.3) is 0 Å². The number of anilines is 1. The molecule has 0 radical (unpaired) electrons. The minimum absolute atomic E-state index is 0.0378. The van der Waals surface area contributed by atoms with Crippen molar-refractivity contribution in [2.24, 2.45) is 11.8 Å². The van der Waals surface area contributed by atoms with E-state index in [9.17, 15) is 9.59 Å². The first-order valence-electron chi connectivity index (χ1n) is 8.30. The zero-order valence-corrected chi connectivity index (χ0v) is 13.5. The molecule has 6 nitrogen and oxygen atoms in total. The minimum Gasteiger partial charge on any atom is -0.360 e. The van der Waals surface area contributed by atoms with Crippen molar-refractivity contribution in [3.8, 4) is 0 Å². The number of hydrogen-bond donors (Lipinski definition) is 1. The standard InChI is InChI=1S/C17H23N3O3/c1-12-10-15(19-23-12)18-17(22)14-6-8-20(9-7-14)16(21)11-13-4-2-3-5-13/h2,4,10,13-14H,3,5-9,11H2,1H3,(H,18,19,22). The summed E-state index contributed by atoms with van der Waals surface area (Å²) in [6.07, 6.45) is 8.48. The first-order chi connectivity index (χ1) is 11.1. The number of hydrogen-bond acceptors (Lipinski definition) is 4. The lowest BCUT2D eigenvalue weighted by Gasteiger charge is -2.31. The predicted octanol–water partition coefficient (Wildman–Crippen LogP) is 2.52. The first-order valence-corrected chi connectivity index (χ1v) is 8.30. The van der Waals surface area contributed by atoms with Crippen molar-refractivity contribution in [1.82, 2.24) is 10.1 Å². The highest BCUT2D eigenvalue weighted by molar-refractivity contribution is 5.91. The van der Waals surface area contributed by atoms with Gasteiger partial charge in [-0.3, -0.25) is 9.59 Å². The third-order valence-corrected chi connectivity index (χ3v) is 4.65. The number of likely N-dealkylation sites (tertiary alicyclic amines) is 1. The Morgan fingerprint density at radius 1 is 1.35 bits per heavy atom. The molecule has 1 aromatic rings.